The summed E-state index contributed by atoms with van der Waals surface area (Å²) in [5.74, 6) is -0.180. The van der Waals surface area contributed by atoms with Gasteiger partial charge in [-0.15, -0.1) is 0 Å². The van der Waals surface area contributed by atoms with Crippen molar-refractivity contribution in [1.29, 1.82) is 0 Å². The molecule has 2 N–H and O–H groups in total. The molecule has 0 amide bonds. The Morgan fingerprint density at radius 3 is 2.55 bits per heavy atom. The van der Waals surface area contributed by atoms with Crippen LogP contribution in [0.3, 0.4) is 0 Å². The Kier molecular flexibility index (Phi) is 4.59. The Bertz CT molecular complexity index is 473. The van der Waals surface area contributed by atoms with Gasteiger partial charge < -0.3 is 10.4 Å². The normalized spacial score (nSPS) is 18.2. The Morgan fingerprint density at radius 2 is 2.00 bits per heavy atom. The first-order valence-corrected chi connectivity index (χ1v) is 7.23. The van der Waals surface area contributed by atoms with Gasteiger partial charge in [-0.1, -0.05) is 12.8 Å². The molecule has 1 heterocycles. The van der Waals surface area contributed by atoms with Crippen molar-refractivity contribution >= 4 is 21.7 Å². The van der Waals surface area contributed by atoms with Crippen LogP contribution in [0, 0.1) is 5.41 Å². The molecule has 0 aromatic carbocycles. The number of aliphatic hydroxyl groups excluding tert-OH is 1. The van der Waals surface area contributed by atoms with Gasteiger partial charge in [0.1, 0.15) is 5.82 Å². The van der Waals surface area contributed by atoms with Gasteiger partial charge in [-0.25, -0.2) is 4.98 Å². The molecule has 0 aliphatic heterocycles. The molecule has 112 valence electrons. The zero-order valence-electron chi connectivity index (χ0n) is 10.8. The van der Waals surface area contributed by atoms with Gasteiger partial charge in [-0.05, 0) is 34.8 Å². The quantitative estimate of drug-likeness (QED) is 0.865. The predicted molar refractivity (Wildman–Crippen MR) is 73.4 cm³/mol. The third-order valence-corrected chi connectivity index (χ3v) is 4.22. The zero-order valence-corrected chi connectivity index (χ0v) is 12.4. The topological polar surface area (TPSA) is 45.1 Å². The molecule has 0 spiro atoms. The van der Waals surface area contributed by atoms with Crippen molar-refractivity contribution in [2.45, 2.75) is 31.9 Å². The molecule has 0 atom stereocenters. The summed E-state index contributed by atoms with van der Waals surface area (Å²) in [6.07, 6.45) is 0.534. The van der Waals surface area contributed by atoms with Gasteiger partial charge in [0.05, 0.1) is 12.2 Å². The van der Waals surface area contributed by atoms with Gasteiger partial charge >= 0.3 is 6.18 Å². The number of nitrogens with one attached hydrogen (secondary N) is 1. The van der Waals surface area contributed by atoms with Gasteiger partial charge in [-0.3, -0.25) is 0 Å². The van der Waals surface area contributed by atoms with Crippen LogP contribution in [0.15, 0.2) is 16.7 Å². The van der Waals surface area contributed by atoms with Crippen molar-refractivity contribution in [2.24, 2.45) is 5.41 Å². The molecule has 3 nitrogen and oxygen atoms in total. The maximum atomic E-state index is 13.0. The van der Waals surface area contributed by atoms with E-state index < -0.39 is 11.7 Å². The molecule has 1 aromatic heterocycles. The van der Waals surface area contributed by atoms with E-state index in [1.54, 1.807) is 0 Å². The minimum Gasteiger partial charge on any atom is -0.396 e. The van der Waals surface area contributed by atoms with Crippen LogP contribution in [0.1, 0.15) is 31.2 Å². The summed E-state index contributed by atoms with van der Waals surface area (Å²) in [6, 6.07) is 1.01. The second kappa shape index (κ2) is 5.89. The highest BCUT2D eigenvalue weighted by Crippen LogP contribution is 2.39. The molecule has 0 saturated heterocycles. The van der Waals surface area contributed by atoms with Crippen LogP contribution in [-0.2, 0) is 6.18 Å². The fourth-order valence-electron chi connectivity index (χ4n) is 2.58. The molecule has 1 saturated carbocycles. The third kappa shape index (κ3) is 3.44. The molecule has 20 heavy (non-hydrogen) atoms. The second-order valence-electron chi connectivity index (χ2n) is 5.27. The van der Waals surface area contributed by atoms with Gasteiger partial charge in [-0.2, -0.15) is 13.2 Å². The largest absolute Gasteiger partial charge is 0.419 e. The molecule has 1 aliphatic rings. The number of nitrogens with zero attached hydrogens (tertiary/aromatic N) is 1. The number of aromatic nitrogens is 1. The first-order chi connectivity index (χ1) is 9.36. The molecule has 1 aromatic rings. The van der Waals surface area contributed by atoms with E-state index in [-0.39, 0.29) is 22.3 Å². The van der Waals surface area contributed by atoms with Crippen LogP contribution in [0.2, 0.25) is 0 Å². The minimum absolute atomic E-state index is 0.0160. The molecule has 0 radical (unpaired) electrons. The van der Waals surface area contributed by atoms with E-state index in [4.69, 9.17) is 0 Å². The van der Waals surface area contributed by atoms with E-state index in [0.717, 1.165) is 31.7 Å². The number of hydrogen-bond donors (Lipinski definition) is 2. The summed E-state index contributed by atoms with van der Waals surface area (Å²) in [7, 11) is 0. The lowest BCUT2D eigenvalue weighted by molar-refractivity contribution is -0.137. The first kappa shape index (κ1) is 15.6. The Labute approximate surface area is 123 Å². The highest BCUT2D eigenvalue weighted by atomic mass is 79.9. The summed E-state index contributed by atoms with van der Waals surface area (Å²) in [5.41, 5.74) is -1.12. The molecule has 7 heteroatoms. The van der Waals surface area contributed by atoms with Crippen LogP contribution in [0.25, 0.3) is 0 Å². The molecule has 0 unspecified atom stereocenters. The third-order valence-electron chi connectivity index (χ3n) is 3.79. The monoisotopic (exact) mass is 352 g/mol. The Hall–Kier alpha value is -0.820. The number of halogens is 4. The lowest BCUT2D eigenvalue weighted by Crippen LogP contribution is -2.31. The molecule has 0 bridgehead atoms. The summed E-state index contributed by atoms with van der Waals surface area (Å²) in [6.45, 7) is 0.291. The van der Waals surface area contributed by atoms with Gasteiger partial charge in [0.25, 0.3) is 0 Å². The summed E-state index contributed by atoms with van der Waals surface area (Å²) in [5, 5.41) is 12.2. The fourth-order valence-corrected chi connectivity index (χ4v) is 2.91. The maximum Gasteiger partial charge on any atom is 0.419 e. The molecule has 1 aliphatic carbocycles. The average Bonchev–Trinajstić information content (AvgIpc) is 2.86. The van der Waals surface area contributed by atoms with E-state index in [9.17, 15) is 18.3 Å². The summed E-state index contributed by atoms with van der Waals surface area (Å²) in [4.78, 5) is 3.81. The number of aliphatic hydroxyl groups is 1. The predicted octanol–water partition coefficient (Wildman–Crippen LogP) is 3.83. The summed E-state index contributed by atoms with van der Waals surface area (Å²) < 4.78 is 39.2. The van der Waals surface area contributed by atoms with Gasteiger partial charge in [0.2, 0.25) is 0 Å². The second-order valence-corrected chi connectivity index (χ2v) is 6.18. The molecule has 1 fully saturated rings. The number of alkyl halides is 3. The van der Waals surface area contributed by atoms with Crippen molar-refractivity contribution < 1.29 is 18.3 Å². The molecular weight excluding hydrogens is 337 g/mol. The van der Waals surface area contributed by atoms with Crippen molar-refractivity contribution in [3.63, 3.8) is 0 Å². The summed E-state index contributed by atoms with van der Waals surface area (Å²) >= 11 is 3.00. The van der Waals surface area contributed by atoms with E-state index in [0.29, 0.717) is 6.54 Å². The van der Waals surface area contributed by atoms with Crippen molar-refractivity contribution in [3.8, 4) is 0 Å². The van der Waals surface area contributed by atoms with E-state index in [1.807, 2.05) is 0 Å². The Morgan fingerprint density at radius 1 is 1.35 bits per heavy atom. The average molecular weight is 353 g/mol. The number of hydrogen-bond acceptors (Lipinski definition) is 3. The zero-order chi connectivity index (χ0) is 14.8. The van der Waals surface area contributed by atoms with Crippen LogP contribution in [0.5, 0.6) is 0 Å². The van der Waals surface area contributed by atoms with E-state index in [1.165, 1.54) is 6.20 Å². The highest BCUT2D eigenvalue weighted by molar-refractivity contribution is 9.10. The lowest BCUT2D eigenvalue weighted by atomic mass is 9.87. The SMILES string of the molecule is OCC1(CNc2ncc(Br)cc2C(F)(F)F)CCCC1. The number of pyridine rings is 1. The van der Waals surface area contributed by atoms with Crippen LogP contribution in [0.4, 0.5) is 19.0 Å². The highest BCUT2D eigenvalue weighted by Gasteiger charge is 2.37. The smallest absolute Gasteiger partial charge is 0.396 e. The minimum atomic E-state index is -4.46. The first-order valence-electron chi connectivity index (χ1n) is 6.44. The van der Waals surface area contributed by atoms with E-state index >= 15 is 0 Å². The Balaban J connectivity index is 2.17. The molecular formula is C13H16BrF3N2O. The van der Waals surface area contributed by atoms with E-state index in [2.05, 4.69) is 26.2 Å². The van der Waals surface area contributed by atoms with Crippen LogP contribution in [-0.4, -0.2) is 23.2 Å². The standard InChI is InChI=1S/C13H16BrF3N2O/c14-9-5-10(13(15,16)17)11(18-6-9)19-7-12(8-20)3-1-2-4-12/h5-6,20H,1-4,7-8H2,(H,18,19). The molecule has 2 rings (SSSR count). The number of anilines is 1. The van der Waals surface area contributed by atoms with Crippen molar-refractivity contribution in [1.82, 2.24) is 4.98 Å². The van der Waals surface area contributed by atoms with Gasteiger partial charge in [0, 0.05) is 22.6 Å². The van der Waals surface area contributed by atoms with Crippen LogP contribution >= 0.6 is 15.9 Å². The van der Waals surface area contributed by atoms with Crippen molar-refractivity contribution in [3.05, 3.63) is 22.3 Å². The van der Waals surface area contributed by atoms with Crippen molar-refractivity contribution in [2.75, 3.05) is 18.5 Å². The van der Waals surface area contributed by atoms with Crippen LogP contribution < -0.4 is 5.32 Å². The fraction of sp³-hybridized carbons (Fsp3) is 0.615. The maximum absolute atomic E-state index is 13.0. The lowest BCUT2D eigenvalue weighted by Gasteiger charge is -2.27. The number of rotatable bonds is 4. The van der Waals surface area contributed by atoms with Gasteiger partial charge in [0.15, 0.2) is 0 Å².